The molecule has 2 N–H and O–H groups in total. The van der Waals surface area contributed by atoms with Crippen LogP contribution in [0.5, 0.6) is 11.5 Å². The zero-order chi connectivity index (χ0) is 14.2. The highest BCUT2D eigenvalue weighted by atomic mass is 16.5. The van der Waals surface area contributed by atoms with Crippen LogP contribution in [0.2, 0.25) is 0 Å². The molecule has 20 heavy (non-hydrogen) atoms. The normalized spacial score (nSPS) is 12.1. The number of hydrogen-bond acceptors (Lipinski definition) is 3. The number of phenols is 1. The second-order valence-electron chi connectivity index (χ2n) is 4.81. The predicted octanol–water partition coefficient (Wildman–Crippen LogP) is 2.99. The molecule has 0 aliphatic heterocycles. The van der Waals surface area contributed by atoms with Crippen LogP contribution < -0.4 is 10.1 Å². The number of aromatic hydroxyl groups is 1. The lowest BCUT2D eigenvalue weighted by molar-refractivity contribution is 0.288. The highest BCUT2D eigenvalue weighted by molar-refractivity contribution is 5.26. The number of rotatable bonds is 7. The molecule has 0 aromatic heterocycles. The summed E-state index contributed by atoms with van der Waals surface area (Å²) >= 11 is 0. The van der Waals surface area contributed by atoms with Gasteiger partial charge in [0.1, 0.15) is 11.5 Å². The van der Waals surface area contributed by atoms with Crippen LogP contribution in [0, 0.1) is 0 Å². The lowest BCUT2D eigenvalue weighted by Crippen LogP contribution is -2.29. The third-order valence-corrected chi connectivity index (χ3v) is 3.30. The van der Waals surface area contributed by atoms with Crippen LogP contribution in [-0.2, 0) is 6.42 Å². The Bertz CT molecular complexity index is 496. The summed E-state index contributed by atoms with van der Waals surface area (Å²) in [6.45, 7) is 0.688. The average Bonchev–Trinajstić information content (AvgIpc) is 2.49. The van der Waals surface area contributed by atoms with E-state index in [1.807, 2.05) is 49.5 Å². The maximum absolute atomic E-state index is 9.28. The minimum atomic E-state index is 0.308. The van der Waals surface area contributed by atoms with Gasteiger partial charge in [0, 0.05) is 6.04 Å². The molecule has 106 valence electrons. The van der Waals surface area contributed by atoms with Gasteiger partial charge in [0.05, 0.1) is 6.61 Å². The van der Waals surface area contributed by atoms with Crippen LogP contribution >= 0.6 is 0 Å². The van der Waals surface area contributed by atoms with Crippen molar-refractivity contribution in [1.82, 2.24) is 5.32 Å². The SMILES string of the molecule is CNC(CCOc1ccccc1)Cc1ccc(O)cc1. The molecule has 0 bridgehead atoms. The number of nitrogens with one attached hydrogen (secondary N) is 1. The largest absolute Gasteiger partial charge is 0.508 e. The minimum absolute atomic E-state index is 0.308. The fourth-order valence-electron chi connectivity index (χ4n) is 2.10. The predicted molar refractivity (Wildman–Crippen MR) is 81.2 cm³/mol. The summed E-state index contributed by atoms with van der Waals surface area (Å²) in [7, 11) is 1.97. The maximum atomic E-state index is 9.28. The third-order valence-electron chi connectivity index (χ3n) is 3.30. The van der Waals surface area contributed by atoms with Crippen molar-refractivity contribution < 1.29 is 9.84 Å². The van der Waals surface area contributed by atoms with Gasteiger partial charge in [-0.2, -0.15) is 0 Å². The number of benzene rings is 2. The molecule has 2 aromatic rings. The first-order valence-electron chi connectivity index (χ1n) is 6.91. The molecule has 0 amide bonds. The van der Waals surface area contributed by atoms with Crippen molar-refractivity contribution >= 4 is 0 Å². The molecule has 1 unspecified atom stereocenters. The third kappa shape index (κ3) is 4.59. The Morgan fingerprint density at radius 3 is 2.40 bits per heavy atom. The Labute approximate surface area is 120 Å². The lowest BCUT2D eigenvalue weighted by atomic mass is 10.0. The Morgan fingerprint density at radius 1 is 1.05 bits per heavy atom. The van der Waals surface area contributed by atoms with Crippen LogP contribution in [0.4, 0.5) is 0 Å². The first-order valence-corrected chi connectivity index (χ1v) is 6.91. The highest BCUT2D eigenvalue weighted by Gasteiger charge is 2.07. The zero-order valence-corrected chi connectivity index (χ0v) is 11.8. The molecule has 0 heterocycles. The van der Waals surface area contributed by atoms with Crippen LogP contribution in [0.3, 0.4) is 0 Å². The molecular formula is C17H21NO2. The van der Waals surface area contributed by atoms with E-state index in [9.17, 15) is 5.11 Å². The zero-order valence-electron chi connectivity index (χ0n) is 11.8. The number of hydrogen-bond donors (Lipinski definition) is 2. The quantitative estimate of drug-likeness (QED) is 0.813. The molecule has 0 aliphatic rings. The molecule has 3 heteroatoms. The van der Waals surface area contributed by atoms with E-state index in [-0.39, 0.29) is 0 Å². The van der Waals surface area contributed by atoms with Crippen molar-refractivity contribution in [3.63, 3.8) is 0 Å². The van der Waals surface area contributed by atoms with Gasteiger partial charge in [0.2, 0.25) is 0 Å². The van der Waals surface area contributed by atoms with E-state index in [4.69, 9.17) is 4.74 Å². The second kappa shape index (κ2) is 7.56. The Balaban J connectivity index is 1.79. The van der Waals surface area contributed by atoms with E-state index in [2.05, 4.69) is 5.32 Å². The molecule has 0 saturated heterocycles. The first-order chi connectivity index (χ1) is 9.78. The Kier molecular flexibility index (Phi) is 5.44. The van der Waals surface area contributed by atoms with Gasteiger partial charge in [-0.15, -0.1) is 0 Å². The fraction of sp³-hybridized carbons (Fsp3) is 0.294. The topological polar surface area (TPSA) is 41.5 Å². The van der Waals surface area contributed by atoms with Crippen LogP contribution in [0.25, 0.3) is 0 Å². The molecule has 0 saturated carbocycles. The molecule has 3 nitrogen and oxygen atoms in total. The van der Waals surface area contributed by atoms with Gasteiger partial charge in [-0.05, 0) is 49.7 Å². The monoisotopic (exact) mass is 271 g/mol. The summed E-state index contributed by atoms with van der Waals surface area (Å²) in [5.74, 6) is 1.22. The van der Waals surface area contributed by atoms with E-state index in [0.717, 1.165) is 18.6 Å². The summed E-state index contributed by atoms with van der Waals surface area (Å²) in [6, 6.07) is 17.6. The standard InChI is InChI=1S/C17H21NO2/c1-18-15(13-14-7-9-16(19)10-8-14)11-12-20-17-5-3-2-4-6-17/h2-10,15,18-19H,11-13H2,1H3. The molecule has 0 fully saturated rings. The second-order valence-corrected chi connectivity index (χ2v) is 4.81. The van der Waals surface area contributed by atoms with Crippen LogP contribution in [0.15, 0.2) is 54.6 Å². The van der Waals surface area contributed by atoms with Gasteiger partial charge in [0.15, 0.2) is 0 Å². The molecule has 2 rings (SSSR count). The van der Waals surface area contributed by atoms with Gasteiger partial charge in [-0.3, -0.25) is 0 Å². The van der Waals surface area contributed by atoms with E-state index in [1.165, 1.54) is 5.56 Å². The summed E-state index contributed by atoms with van der Waals surface area (Å²) in [4.78, 5) is 0. The highest BCUT2D eigenvalue weighted by Crippen LogP contribution is 2.13. The molecule has 2 aromatic carbocycles. The minimum Gasteiger partial charge on any atom is -0.508 e. The molecular weight excluding hydrogens is 250 g/mol. The van der Waals surface area contributed by atoms with E-state index >= 15 is 0 Å². The van der Waals surface area contributed by atoms with Gasteiger partial charge in [-0.1, -0.05) is 30.3 Å². The van der Waals surface area contributed by atoms with Gasteiger partial charge < -0.3 is 15.2 Å². The number of phenolic OH excluding ortho intramolecular Hbond substituents is 1. The van der Waals surface area contributed by atoms with Crippen molar-refractivity contribution in [2.45, 2.75) is 18.9 Å². The average molecular weight is 271 g/mol. The molecule has 0 aliphatic carbocycles. The number of likely N-dealkylation sites (N-methyl/N-ethyl adjacent to an activating group) is 1. The molecule has 0 radical (unpaired) electrons. The number of para-hydroxylation sites is 1. The van der Waals surface area contributed by atoms with E-state index in [1.54, 1.807) is 12.1 Å². The van der Waals surface area contributed by atoms with Gasteiger partial charge >= 0.3 is 0 Å². The van der Waals surface area contributed by atoms with Crippen molar-refractivity contribution in [3.05, 3.63) is 60.2 Å². The smallest absolute Gasteiger partial charge is 0.119 e. The summed E-state index contributed by atoms with van der Waals surface area (Å²) in [5.41, 5.74) is 1.21. The van der Waals surface area contributed by atoms with E-state index in [0.29, 0.717) is 18.4 Å². The fourth-order valence-corrected chi connectivity index (χ4v) is 2.10. The van der Waals surface area contributed by atoms with Gasteiger partial charge in [0.25, 0.3) is 0 Å². The van der Waals surface area contributed by atoms with E-state index < -0.39 is 0 Å². The van der Waals surface area contributed by atoms with Gasteiger partial charge in [-0.25, -0.2) is 0 Å². The molecule has 1 atom stereocenters. The maximum Gasteiger partial charge on any atom is 0.119 e. The number of ether oxygens (including phenoxy) is 1. The van der Waals surface area contributed by atoms with Crippen molar-refractivity contribution in [3.8, 4) is 11.5 Å². The van der Waals surface area contributed by atoms with Crippen LogP contribution in [-0.4, -0.2) is 24.8 Å². The van der Waals surface area contributed by atoms with Crippen molar-refractivity contribution in [2.24, 2.45) is 0 Å². The van der Waals surface area contributed by atoms with Crippen LogP contribution in [0.1, 0.15) is 12.0 Å². The molecule has 0 spiro atoms. The summed E-state index contributed by atoms with van der Waals surface area (Å²) in [5, 5.41) is 12.6. The first kappa shape index (κ1) is 14.4. The lowest BCUT2D eigenvalue weighted by Gasteiger charge is -2.16. The Hall–Kier alpha value is -2.00. The van der Waals surface area contributed by atoms with Crippen molar-refractivity contribution in [1.29, 1.82) is 0 Å². The van der Waals surface area contributed by atoms with Crippen molar-refractivity contribution in [2.75, 3.05) is 13.7 Å². The summed E-state index contributed by atoms with van der Waals surface area (Å²) < 4.78 is 5.72. The summed E-state index contributed by atoms with van der Waals surface area (Å²) in [6.07, 6.45) is 1.86. The Morgan fingerprint density at radius 2 is 1.75 bits per heavy atom.